The van der Waals surface area contributed by atoms with Gasteiger partial charge in [0.25, 0.3) is 0 Å². The Balaban J connectivity index is 2.71. The van der Waals surface area contributed by atoms with Crippen molar-refractivity contribution >= 4 is 8.07 Å². The summed E-state index contributed by atoms with van der Waals surface area (Å²) in [4.78, 5) is 0. The molecule has 0 spiro atoms. The zero-order valence-electron chi connectivity index (χ0n) is 10.8. The summed E-state index contributed by atoms with van der Waals surface area (Å²) >= 11 is 0. The highest BCUT2D eigenvalue weighted by atomic mass is 28.3. The van der Waals surface area contributed by atoms with Crippen LogP contribution in [0.5, 0.6) is 5.75 Å². The van der Waals surface area contributed by atoms with E-state index in [2.05, 4.69) is 31.8 Å². The fourth-order valence-corrected chi connectivity index (χ4v) is 3.34. The number of benzene rings is 1. The molecule has 0 aromatic heterocycles. The van der Waals surface area contributed by atoms with Crippen LogP contribution in [0.3, 0.4) is 0 Å². The van der Waals surface area contributed by atoms with Crippen LogP contribution < -0.4 is 10.5 Å². The molecule has 1 aromatic rings. The van der Waals surface area contributed by atoms with E-state index in [9.17, 15) is 0 Å². The molecule has 0 saturated heterocycles. The normalized spacial score (nSPS) is 13.6. The van der Waals surface area contributed by atoms with Gasteiger partial charge >= 0.3 is 0 Å². The van der Waals surface area contributed by atoms with Gasteiger partial charge in [0.2, 0.25) is 0 Å². The highest BCUT2D eigenvalue weighted by molar-refractivity contribution is 6.77. The van der Waals surface area contributed by atoms with Crippen LogP contribution in [-0.4, -0.2) is 21.7 Å². The molecule has 1 aromatic carbocycles. The molecule has 3 heteroatoms. The Morgan fingerprint density at radius 3 is 2.12 bits per heavy atom. The minimum absolute atomic E-state index is 0.654. The van der Waals surface area contributed by atoms with Crippen LogP contribution in [-0.2, 0) is 6.42 Å². The van der Waals surface area contributed by atoms with Gasteiger partial charge in [-0.15, -0.1) is 0 Å². The molecular formula is C13H23NOSi. The van der Waals surface area contributed by atoms with E-state index in [4.69, 9.17) is 10.5 Å². The van der Waals surface area contributed by atoms with Gasteiger partial charge in [-0.2, -0.15) is 0 Å². The second-order valence-electron chi connectivity index (χ2n) is 5.35. The molecule has 0 amide bonds. The van der Waals surface area contributed by atoms with E-state index in [1.807, 2.05) is 12.1 Å². The predicted octanol–water partition coefficient (Wildman–Crippen LogP) is 2.90. The summed E-state index contributed by atoms with van der Waals surface area (Å²) in [6, 6.07) is 8.32. The van der Waals surface area contributed by atoms with E-state index in [0.717, 1.165) is 18.7 Å². The summed E-state index contributed by atoms with van der Waals surface area (Å²) in [5, 5.41) is 0. The molecule has 0 aliphatic rings. The second kappa shape index (κ2) is 5.50. The fraction of sp³-hybridized carbons (Fsp3) is 0.538. The topological polar surface area (TPSA) is 35.2 Å². The molecule has 0 saturated carbocycles. The summed E-state index contributed by atoms with van der Waals surface area (Å²) in [7, 11) is 0.547. The minimum Gasteiger partial charge on any atom is -0.497 e. The summed E-state index contributed by atoms with van der Waals surface area (Å²) in [6.45, 7) is 7.94. The monoisotopic (exact) mass is 237 g/mol. The highest BCUT2D eigenvalue weighted by Crippen LogP contribution is 2.25. The standard InChI is InChI=1S/C13H23NOSi/c1-15-12-7-5-11(6-8-12)9-13(10-14)16(2,3)4/h5-8,13H,9-10,14H2,1-4H3. The molecule has 1 unspecified atom stereocenters. The maximum atomic E-state index is 5.87. The van der Waals surface area contributed by atoms with Crippen LogP contribution in [0, 0.1) is 0 Å². The average Bonchev–Trinajstić information content (AvgIpc) is 2.25. The molecule has 1 atom stereocenters. The first kappa shape index (κ1) is 13.3. The first-order chi connectivity index (χ1) is 7.47. The third kappa shape index (κ3) is 3.65. The molecule has 2 N–H and O–H groups in total. The second-order valence-corrected chi connectivity index (χ2v) is 10.9. The van der Waals surface area contributed by atoms with Gasteiger partial charge in [0.05, 0.1) is 7.11 Å². The molecule has 2 nitrogen and oxygen atoms in total. The maximum absolute atomic E-state index is 5.87. The molecular weight excluding hydrogens is 214 g/mol. The third-order valence-electron chi connectivity index (χ3n) is 3.15. The van der Waals surface area contributed by atoms with Crippen LogP contribution in [0.25, 0.3) is 0 Å². The Kier molecular flexibility index (Phi) is 4.56. The third-order valence-corrected chi connectivity index (χ3v) is 6.04. The molecule has 0 aliphatic carbocycles. The predicted molar refractivity (Wildman–Crippen MR) is 72.8 cm³/mol. The van der Waals surface area contributed by atoms with Gasteiger partial charge in [-0.1, -0.05) is 31.8 Å². The molecule has 0 radical (unpaired) electrons. The van der Waals surface area contributed by atoms with E-state index >= 15 is 0 Å². The summed E-state index contributed by atoms with van der Waals surface area (Å²) in [6.07, 6.45) is 1.09. The van der Waals surface area contributed by atoms with Crippen molar-refractivity contribution in [2.24, 2.45) is 5.73 Å². The van der Waals surface area contributed by atoms with E-state index in [1.165, 1.54) is 5.56 Å². The lowest BCUT2D eigenvalue weighted by atomic mass is 10.1. The van der Waals surface area contributed by atoms with Crippen LogP contribution >= 0.6 is 0 Å². The number of hydrogen-bond acceptors (Lipinski definition) is 2. The van der Waals surface area contributed by atoms with Gasteiger partial charge in [-0.05, 0) is 36.2 Å². The van der Waals surface area contributed by atoms with Gasteiger partial charge in [0.1, 0.15) is 5.75 Å². The molecule has 0 fully saturated rings. The Labute approximate surface area is 99.8 Å². The first-order valence-corrected chi connectivity index (χ1v) is 9.38. The van der Waals surface area contributed by atoms with Crippen molar-refractivity contribution in [3.05, 3.63) is 29.8 Å². The fourth-order valence-electron chi connectivity index (χ4n) is 1.79. The Hall–Kier alpha value is -0.803. The van der Waals surface area contributed by atoms with Crippen molar-refractivity contribution in [1.82, 2.24) is 0 Å². The molecule has 90 valence electrons. The van der Waals surface area contributed by atoms with Gasteiger partial charge in [0.15, 0.2) is 0 Å². The van der Waals surface area contributed by atoms with Gasteiger partial charge in [-0.25, -0.2) is 0 Å². The van der Waals surface area contributed by atoms with Crippen molar-refractivity contribution in [1.29, 1.82) is 0 Å². The Bertz CT molecular complexity index is 316. The number of ether oxygens (including phenoxy) is 1. The van der Waals surface area contributed by atoms with E-state index in [0.29, 0.717) is 5.54 Å². The minimum atomic E-state index is -1.15. The molecule has 0 aliphatic heterocycles. The SMILES string of the molecule is COc1ccc(CC(CN)[Si](C)(C)C)cc1. The average molecular weight is 237 g/mol. The zero-order chi connectivity index (χ0) is 12.2. The largest absolute Gasteiger partial charge is 0.497 e. The number of methoxy groups -OCH3 is 1. The van der Waals surface area contributed by atoms with Crippen molar-refractivity contribution in [2.75, 3.05) is 13.7 Å². The number of nitrogens with two attached hydrogens (primary N) is 1. The van der Waals surface area contributed by atoms with E-state index in [1.54, 1.807) is 7.11 Å². The lowest BCUT2D eigenvalue weighted by molar-refractivity contribution is 0.414. The van der Waals surface area contributed by atoms with E-state index < -0.39 is 8.07 Å². The molecule has 0 bridgehead atoms. The van der Waals surface area contributed by atoms with Crippen molar-refractivity contribution in [3.8, 4) is 5.75 Å². The van der Waals surface area contributed by atoms with Gasteiger partial charge in [0, 0.05) is 8.07 Å². The first-order valence-electron chi connectivity index (χ1n) is 5.80. The Morgan fingerprint density at radius 1 is 1.19 bits per heavy atom. The smallest absolute Gasteiger partial charge is 0.118 e. The maximum Gasteiger partial charge on any atom is 0.118 e. The molecule has 0 heterocycles. The summed E-state index contributed by atoms with van der Waals surface area (Å²) in [5.74, 6) is 0.918. The van der Waals surface area contributed by atoms with Crippen molar-refractivity contribution in [2.45, 2.75) is 31.6 Å². The summed E-state index contributed by atoms with van der Waals surface area (Å²) in [5.41, 5.74) is 7.89. The number of rotatable bonds is 5. The van der Waals surface area contributed by atoms with Crippen molar-refractivity contribution in [3.63, 3.8) is 0 Å². The van der Waals surface area contributed by atoms with Crippen LogP contribution in [0.4, 0.5) is 0 Å². The Morgan fingerprint density at radius 2 is 1.75 bits per heavy atom. The zero-order valence-corrected chi connectivity index (χ0v) is 11.8. The summed E-state index contributed by atoms with van der Waals surface area (Å²) < 4.78 is 5.15. The van der Waals surface area contributed by atoms with Crippen molar-refractivity contribution < 1.29 is 4.74 Å². The molecule has 16 heavy (non-hydrogen) atoms. The van der Waals surface area contributed by atoms with Gasteiger partial charge < -0.3 is 10.5 Å². The van der Waals surface area contributed by atoms with Crippen LogP contribution in [0.15, 0.2) is 24.3 Å². The number of hydrogen-bond donors (Lipinski definition) is 1. The van der Waals surface area contributed by atoms with Gasteiger partial charge in [-0.3, -0.25) is 0 Å². The lowest BCUT2D eigenvalue weighted by Gasteiger charge is -2.27. The van der Waals surface area contributed by atoms with Crippen LogP contribution in [0.2, 0.25) is 25.2 Å². The molecule has 1 rings (SSSR count). The highest BCUT2D eigenvalue weighted by Gasteiger charge is 2.25. The lowest BCUT2D eigenvalue weighted by Crippen LogP contribution is -2.34. The van der Waals surface area contributed by atoms with E-state index in [-0.39, 0.29) is 0 Å². The van der Waals surface area contributed by atoms with Crippen LogP contribution in [0.1, 0.15) is 5.56 Å². The quantitative estimate of drug-likeness (QED) is 0.799.